The Kier molecular flexibility index (Phi) is 4.09. The number of methoxy groups -OCH3 is 1. The summed E-state index contributed by atoms with van der Waals surface area (Å²) in [7, 11) is 1.66. The van der Waals surface area contributed by atoms with Gasteiger partial charge in [-0.1, -0.05) is 6.92 Å². The highest BCUT2D eigenvalue weighted by molar-refractivity contribution is 5.68. The summed E-state index contributed by atoms with van der Waals surface area (Å²) in [5.74, 6) is 1.33. The van der Waals surface area contributed by atoms with Crippen molar-refractivity contribution in [3.63, 3.8) is 0 Å². The van der Waals surface area contributed by atoms with Crippen LogP contribution in [0.3, 0.4) is 0 Å². The summed E-state index contributed by atoms with van der Waals surface area (Å²) >= 11 is 0. The molecule has 104 valence electrons. The molecule has 1 heterocycles. The van der Waals surface area contributed by atoms with Crippen molar-refractivity contribution < 1.29 is 4.74 Å². The van der Waals surface area contributed by atoms with Gasteiger partial charge in [-0.15, -0.1) is 0 Å². The minimum absolute atomic E-state index is 0.193. The smallest absolute Gasteiger partial charge is 0.128 e. The molecule has 2 rings (SSSR count). The number of hydrogen-bond donors (Lipinski definition) is 1. The van der Waals surface area contributed by atoms with E-state index in [1.807, 2.05) is 13.0 Å². The molecular weight excluding hydrogens is 250 g/mol. The molecule has 20 heavy (non-hydrogen) atoms. The Hall–Kier alpha value is -2.28. The Bertz CT molecular complexity index is 652. The molecule has 0 aliphatic heterocycles. The first kappa shape index (κ1) is 14.1. The number of aromatic amines is 1. The molecule has 0 bridgehead atoms. The molecular formula is C16H19N3O. The molecule has 0 fully saturated rings. The van der Waals surface area contributed by atoms with E-state index in [4.69, 9.17) is 10.00 Å². The number of ether oxygens (including phenoxy) is 1. The summed E-state index contributed by atoms with van der Waals surface area (Å²) < 4.78 is 5.45. The predicted octanol–water partition coefficient (Wildman–Crippen LogP) is 3.72. The summed E-state index contributed by atoms with van der Waals surface area (Å²) in [4.78, 5) is 7.57. The number of rotatable bonds is 4. The second-order valence-corrected chi connectivity index (χ2v) is 4.91. The highest BCUT2D eigenvalue weighted by Gasteiger charge is 2.15. The van der Waals surface area contributed by atoms with Crippen molar-refractivity contribution in [1.82, 2.24) is 9.97 Å². The van der Waals surface area contributed by atoms with E-state index in [0.717, 1.165) is 23.4 Å². The first-order chi connectivity index (χ1) is 9.60. The molecule has 4 nitrogen and oxygen atoms in total. The number of nitrogens with one attached hydrogen (secondary N) is 1. The molecule has 1 atom stereocenters. The number of benzene rings is 1. The summed E-state index contributed by atoms with van der Waals surface area (Å²) in [6.07, 6.45) is 2.51. The zero-order valence-corrected chi connectivity index (χ0v) is 12.3. The Morgan fingerprint density at radius 1 is 1.35 bits per heavy atom. The van der Waals surface area contributed by atoms with Gasteiger partial charge < -0.3 is 9.72 Å². The molecule has 0 aliphatic carbocycles. The Labute approximate surface area is 119 Å². The van der Waals surface area contributed by atoms with Crippen LogP contribution in [0.1, 0.15) is 36.2 Å². The van der Waals surface area contributed by atoms with Crippen molar-refractivity contribution in [3.05, 3.63) is 35.3 Å². The SMILES string of the molecule is CCC(C#N)c1ncc(-c2cc(C)c(C)cc2OC)[nH]1. The van der Waals surface area contributed by atoms with Crippen LogP contribution in [0.2, 0.25) is 0 Å². The number of imidazole rings is 1. The van der Waals surface area contributed by atoms with Gasteiger partial charge in [0.25, 0.3) is 0 Å². The molecule has 0 saturated heterocycles. The van der Waals surface area contributed by atoms with Crippen molar-refractivity contribution in [1.29, 1.82) is 5.26 Å². The van der Waals surface area contributed by atoms with Gasteiger partial charge in [-0.3, -0.25) is 0 Å². The standard InChI is InChI=1S/C16H19N3O/c1-5-12(8-17)16-18-9-14(19-16)13-6-10(2)11(3)7-15(13)20-4/h6-7,9,12H,5H2,1-4H3,(H,18,19). The molecule has 0 spiro atoms. The fourth-order valence-electron chi connectivity index (χ4n) is 2.17. The van der Waals surface area contributed by atoms with Gasteiger partial charge in [-0.05, 0) is 43.5 Å². The lowest BCUT2D eigenvalue weighted by Gasteiger charge is -2.10. The maximum absolute atomic E-state index is 9.11. The van der Waals surface area contributed by atoms with Crippen LogP contribution in [-0.4, -0.2) is 17.1 Å². The average Bonchev–Trinajstić information content (AvgIpc) is 2.92. The summed E-state index contributed by atoms with van der Waals surface area (Å²) in [6, 6.07) is 6.36. The maximum atomic E-state index is 9.11. The van der Waals surface area contributed by atoms with Gasteiger partial charge >= 0.3 is 0 Å². The fraction of sp³-hybridized carbons (Fsp3) is 0.375. The molecule has 0 radical (unpaired) electrons. The van der Waals surface area contributed by atoms with E-state index in [1.165, 1.54) is 11.1 Å². The average molecular weight is 269 g/mol. The van der Waals surface area contributed by atoms with E-state index >= 15 is 0 Å². The zero-order chi connectivity index (χ0) is 14.7. The van der Waals surface area contributed by atoms with Gasteiger partial charge in [0.15, 0.2) is 0 Å². The molecule has 1 N–H and O–H groups in total. The molecule has 0 aliphatic rings. The monoisotopic (exact) mass is 269 g/mol. The fourth-order valence-corrected chi connectivity index (χ4v) is 2.17. The molecule has 1 unspecified atom stereocenters. The van der Waals surface area contributed by atoms with Crippen LogP contribution in [0.15, 0.2) is 18.3 Å². The molecule has 2 aromatic rings. The van der Waals surface area contributed by atoms with Gasteiger partial charge in [0.1, 0.15) is 17.5 Å². The van der Waals surface area contributed by atoms with E-state index in [2.05, 4.69) is 36.0 Å². The Balaban J connectivity index is 2.47. The Morgan fingerprint density at radius 3 is 2.65 bits per heavy atom. The van der Waals surface area contributed by atoms with Crippen LogP contribution in [0.5, 0.6) is 5.75 Å². The van der Waals surface area contributed by atoms with Crippen molar-refractivity contribution >= 4 is 0 Å². The maximum Gasteiger partial charge on any atom is 0.128 e. The van der Waals surface area contributed by atoms with Crippen molar-refractivity contribution in [2.24, 2.45) is 0 Å². The van der Waals surface area contributed by atoms with Crippen LogP contribution >= 0.6 is 0 Å². The third-order valence-corrected chi connectivity index (χ3v) is 3.60. The van der Waals surface area contributed by atoms with Gasteiger partial charge in [0, 0.05) is 5.56 Å². The van der Waals surface area contributed by atoms with Crippen LogP contribution < -0.4 is 4.74 Å². The molecule has 0 amide bonds. The number of H-pyrrole nitrogens is 1. The number of aromatic nitrogens is 2. The van der Waals surface area contributed by atoms with Crippen LogP contribution in [0.25, 0.3) is 11.3 Å². The van der Waals surface area contributed by atoms with E-state index in [-0.39, 0.29) is 5.92 Å². The van der Waals surface area contributed by atoms with E-state index in [1.54, 1.807) is 13.3 Å². The van der Waals surface area contributed by atoms with Gasteiger partial charge in [0.2, 0.25) is 0 Å². The van der Waals surface area contributed by atoms with E-state index < -0.39 is 0 Å². The normalized spacial score (nSPS) is 11.9. The number of hydrogen-bond acceptors (Lipinski definition) is 3. The van der Waals surface area contributed by atoms with Gasteiger partial charge in [0.05, 0.1) is 25.1 Å². The van der Waals surface area contributed by atoms with E-state index in [0.29, 0.717) is 5.82 Å². The third-order valence-electron chi connectivity index (χ3n) is 3.60. The van der Waals surface area contributed by atoms with Crippen LogP contribution in [-0.2, 0) is 0 Å². The highest BCUT2D eigenvalue weighted by Crippen LogP contribution is 2.32. The van der Waals surface area contributed by atoms with Crippen molar-refractivity contribution in [3.8, 4) is 23.1 Å². The second kappa shape index (κ2) is 5.79. The lowest BCUT2D eigenvalue weighted by Crippen LogP contribution is -1.96. The van der Waals surface area contributed by atoms with Gasteiger partial charge in [-0.25, -0.2) is 4.98 Å². The summed E-state index contributed by atoms with van der Waals surface area (Å²) in [5.41, 5.74) is 4.24. The van der Waals surface area contributed by atoms with Crippen LogP contribution in [0.4, 0.5) is 0 Å². The summed E-state index contributed by atoms with van der Waals surface area (Å²) in [5, 5.41) is 9.11. The topological polar surface area (TPSA) is 61.7 Å². The largest absolute Gasteiger partial charge is 0.496 e. The third kappa shape index (κ3) is 2.53. The summed E-state index contributed by atoms with van der Waals surface area (Å²) in [6.45, 7) is 6.11. The zero-order valence-electron chi connectivity index (χ0n) is 12.3. The van der Waals surface area contributed by atoms with Crippen molar-refractivity contribution in [2.75, 3.05) is 7.11 Å². The minimum atomic E-state index is -0.193. The molecule has 0 saturated carbocycles. The Morgan fingerprint density at radius 2 is 2.05 bits per heavy atom. The number of aryl methyl sites for hydroxylation is 2. The lowest BCUT2D eigenvalue weighted by molar-refractivity contribution is 0.416. The number of nitrogens with zero attached hydrogens (tertiary/aromatic N) is 2. The van der Waals surface area contributed by atoms with Crippen LogP contribution in [0, 0.1) is 25.2 Å². The predicted molar refractivity (Wildman–Crippen MR) is 78.7 cm³/mol. The second-order valence-electron chi connectivity index (χ2n) is 4.91. The highest BCUT2D eigenvalue weighted by atomic mass is 16.5. The molecule has 1 aromatic carbocycles. The molecule has 4 heteroatoms. The lowest BCUT2D eigenvalue weighted by atomic mass is 10.0. The molecule has 1 aromatic heterocycles. The van der Waals surface area contributed by atoms with Crippen molar-refractivity contribution in [2.45, 2.75) is 33.1 Å². The minimum Gasteiger partial charge on any atom is -0.496 e. The first-order valence-corrected chi connectivity index (χ1v) is 6.70. The number of nitriles is 1. The first-order valence-electron chi connectivity index (χ1n) is 6.70. The van der Waals surface area contributed by atoms with Gasteiger partial charge in [-0.2, -0.15) is 5.26 Å². The quantitative estimate of drug-likeness (QED) is 0.920. The van der Waals surface area contributed by atoms with E-state index in [9.17, 15) is 0 Å².